The second-order valence-corrected chi connectivity index (χ2v) is 5.56. The molecule has 0 fully saturated rings. The smallest absolute Gasteiger partial charge is 0.253 e. The second-order valence-electron chi connectivity index (χ2n) is 5.56. The van der Waals surface area contributed by atoms with Crippen LogP contribution in [0.25, 0.3) is 0 Å². The Morgan fingerprint density at radius 2 is 2.17 bits per heavy atom. The Labute approximate surface area is 143 Å². The normalized spacial score (nSPS) is 10.5. The van der Waals surface area contributed by atoms with Crippen LogP contribution in [0.2, 0.25) is 0 Å². The molecule has 2 aromatic rings. The van der Waals surface area contributed by atoms with Crippen molar-refractivity contribution in [1.29, 1.82) is 0 Å². The largest absolute Gasteiger partial charge is 0.493 e. The minimum Gasteiger partial charge on any atom is -0.493 e. The molecule has 0 N–H and O–H groups in total. The molecule has 130 valence electrons. The molecule has 1 amide bonds. The molecule has 6 nitrogen and oxygen atoms in total. The van der Waals surface area contributed by atoms with Crippen molar-refractivity contribution in [1.82, 2.24) is 14.7 Å². The van der Waals surface area contributed by atoms with Crippen molar-refractivity contribution >= 4 is 5.91 Å². The first-order chi connectivity index (χ1) is 11.7. The van der Waals surface area contributed by atoms with Crippen LogP contribution in [-0.2, 0) is 6.54 Å². The third kappa shape index (κ3) is 4.75. The molecule has 0 aliphatic carbocycles. The number of amides is 1. The van der Waals surface area contributed by atoms with Crippen LogP contribution in [0.4, 0.5) is 0 Å². The molecule has 1 heterocycles. The first-order valence-corrected chi connectivity index (χ1v) is 8.19. The minimum atomic E-state index is -0.0550. The lowest BCUT2D eigenvalue weighted by molar-refractivity contribution is 0.0788. The maximum Gasteiger partial charge on any atom is 0.253 e. The number of carbonyl (C=O) groups is 1. The number of likely N-dealkylation sites (N-methyl/N-ethyl adjacent to an activating group) is 1. The van der Waals surface area contributed by atoms with E-state index in [4.69, 9.17) is 9.47 Å². The van der Waals surface area contributed by atoms with Gasteiger partial charge in [0.15, 0.2) is 11.5 Å². The van der Waals surface area contributed by atoms with Gasteiger partial charge in [-0.25, -0.2) is 0 Å². The summed E-state index contributed by atoms with van der Waals surface area (Å²) in [6.07, 6.45) is 5.66. The quantitative estimate of drug-likeness (QED) is 0.663. The van der Waals surface area contributed by atoms with E-state index in [0.717, 1.165) is 12.8 Å². The van der Waals surface area contributed by atoms with Crippen molar-refractivity contribution in [2.75, 3.05) is 27.3 Å². The number of hydrogen-bond acceptors (Lipinski definition) is 4. The number of aromatic nitrogens is 2. The average molecular weight is 331 g/mol. The summed E-state index contributed by atoms with van der Waals surface area (Å²) in [6.45, 7) is 3.99. The predicted molar refractivity (Wildman–Crippen MR) is 92.6 cm³/mol. The van der Waals surface area contributed by atoms with E-state index < -0.39 is 0 Å². The van der Waals surface area contributed by atoms with Gasteiger partial charge in [-0.15, -0.1) is 0 Å². The number of benzene rings is 1. The third-order valence-electron chi connectivity index (χ3n) is 3.74. The summed E-state index contributed by atoms with van der Waals surface area (Å²) in [5.74, 6) is 1.19. The summed E-state index contributed by atoms with van der Waals surface area (Å²) in [6, 6.07) is 7.16. The molecule has 0 aliphatic rings. The molecule has 1 aromatic heterocycles. The molecule has 0 aliphatic heterocycles. The van der Waals surface area contributed by atoms with Crippen LogP contribution in [0.5, 0.6) is 11.5 Å². The van der Waals surface area contributed by atoms with Crippen molar-refractivity contribution in [3.8, 4) is 11.5 Å². The Morgan fingerprint density at radius 3 is 2.83 bits per heavy atom. The Balaban J connectivity index is 2.00. The van der Waals surface area contributed by atoms with Gasteiger partial charge in [-0.3, -0.25) is 9.48 Å². The lowest BCUT2D eigenvalue weighted by Crippen LogP contribution is -2.30. The molecule has 0 saturated heterocycles. The van der Waals surface area contributed by atoms with Crippen LogP contribution in [0.15, 0.2) is 36.7 Å². The van der Waals surface area contributed by atoms with E-state index in [9.17, 15) is 4.79 Å². The molecule has 0 atom stereocenters. The van der Waals surface area contributed by atoms with Crippen molar-refractivity contribution in [3.05, 3.63) is 42.2 Å². The Bertz CT molecular complexity index is 641. The van der Waals surface area contributed by atoms with E-state index in [-0.39, 0.29) is 5.91 Å². The van der Waals surface area contributed by atoms with Gasteiger partial charge >= 0.3 is 0 Å². The number of rotatable bonds is 9. The van der Waals surface area contributed by atoms with Gasteiger partial charge in [-0.2, -0.15) is 5.10 Å². The van der Waals surface area contributed by atoms with Gasteiger partial charge in [0.25, 0.3) is 5.91 Å². The number of methoxy groups -OCH3 is 1. The maximum absolute atomic E-state index is 12.5. The highest BCUT2D eigenvalue weighted by atomic mass is 16.5. The zero-order valence-corrected chi connectivity index (χ0v) is 14.6. The van der Waals surface area contributed by atoms with Crippen LogP contribution in [0.3, 0.4) is 0 Å². The fraction of sp³-hybridized carbons (Fsp3) is 0.444. The highest BCUT2D eigenvalue weighted by molar-refractivity contribution is 5.94. The Kier molecular flexibility index (Phi) is 6.66. The van der Waals surface area contributed by atoms with Gasteiger partial charge in [0.05, 0.1) is 20.3 Å². The molecule has 24 heavy (non-hydrogen) atoms. The van der Waals surface area contributed by atoms with Crippen LogP contribution in [-0.4, -0.2) is 47.9 Å². The van der Waals surface area contributed by atoms with Crippen LogP contribution < -0.4 is 9.47 Å². The number of hydrogen-bond donors (Lipinski definition) is 0. The van der Waals surface area contributed by atoms with Crippen LogP contribution in [0, 0.1) is 0 Å². The van der Waals surface area contributed by atoms with Crippen molar-refractivity contribution in [2.45, 2.75) is 26.3 Å². The van der Waals surface area contributed by atoms with E-state index in [0.29, 0.717) is 36.8 Å². The number of ether oxygens (including phenoxy) is 2. The van der Waals surface area contributed by atoms with Crippen molar-refractivity contribution < 1.29 is 14.3 Å². The van der Waals surface area contributed by atoms with Gasteiger partial charge < -0.3 is 14.4 Å². The first-order valence-electron chi connectivity index (χ1n) is 8.19. The van der Waals surface area contributed by atoms with E-state index in [1.54, 1.807) is 48.1 Å². The molecular formula is C18H25N3O3. The van der Waals surface area contributed by atoms with Gasteiger partial charge in [-0.05, 0) is 30.7 Å². The van der Waals surface area contributed by atoms with E-state index >= 15 is 0 Å². The van der Waals surface area contributed by atoms with Gasteiger partial charge in [0.2, 0.25) is 0 Å². The second kappa shape index (κ2) is 8.96. The Hall–Kier alpha value is -2.50. The van der Waals surface area contributed by atoms with Gasteiger partial charge in [0.1, 0.15) is 0 Å². The summed E-state index contributed by atoms with van der Waals surface area (Å²) in [5, 5.41) is 4.14. The molecule has 0 unspecified atom stereocenters. The van der Waals surface area contributed by atoms with E-state index in [1.807, 2.05) is 12.3 Å². The maximum atomic E-state index is 12.5. The highest BCUT2D eigenvalue weighted by Crippen LogP contribution is 2.28. The molecule has 0 spiro atoms. The minimum absolute atomic E-state index is 0.0550. The molecule has 0 bridgehead atoms. The number of nitrogens with zero attached hydrogens (tertiary/aromatic N) is 3. The summed E-state index contributed by atoms with van der Waals surface area (Å²) >= 11 is 0. The monoisotopic (exact) mass is 331 g/mol. The molecule has 0 saturated carbocycles. The zero-order chi connectivity index (χ0) is 17.4. The number of carbonyl (C=O) groups excluding carboxylic acids is 1. The molecule has 1 aromatic carbocycles. The van der Waals surface area contributed by atoms with Crippen molar-refractivity contribution in [2.24, 2.45) is 0 Å². The molecule has 2 rings (SSSR count). The average Bonchev–Trinajstić information content (AvgIpc) is 3.13. The SMILES string of the molecule is CCCCOc1ccc(C(=O)N(C)CCn2cccn2)cc1OC. The summed E-state index contributed by atoms with van der Waals surface area (Å²) in [7, 11) is 3.36. The van der Waals surface area contributed by atoms with Gasteiger partial charge in [0, 0.05) is 31.5 Å². The fourth-order valence-electron chi connectivity index (χ4n) is 2.25. The number of unbranched alkanes of at least 4 members (excludes halogenated alkanes) is 1. The van der Waals surface area contributed by atoms with Crippen LogP contribution >= 0.6 is 0 Å². The third-order valence-corrected chi connectivity index (χ3v) is 3.74. The van der Waals surface area contributed by atoms with Gasteiger partial charge in [-0.1, -0.05) is 13.3 Å². The molecular weight excluding hydrogens is 306 g/mol. The summed E-state index contributed by atoms with van der Waals surface area (Å²) in [4.78, 5) is 14.2. The van der Waals surface area contributed by atoms with E-state index in [1.165, 1.54) is 0 Å². The summed E-state index contributed by atoms with van der Waals surface area (Å²) < 4.78 is 12.9. The lowest BCUT2D eigenvalue weighted by atomic mass is 10.1. The highest BCUT2D eigenvalue weighted by Gasteiger charge is 2.15. The zero-order valence-electron chi connectivity index (χ0n) is 14.6. The summed E-state index contributed by atoms with van der Waals surface area (Å²) in [5.41, 5.74) is 0.581. The predicted octanol–water partition coefficient (Wildman–Crippen LogP) is 2.84. The topological polar surface area (TPSA) is 56.6 Å². The van der Waals surface area contributed by atoms with Crippen LogP contribution in [0.1, 0.15) is 30.1 Å². The first kappa shape index (κ1) is 17.8. The molecule has 0 radical (unpaired) electrons. The lowest BCUT2D eigenvalue weighted by Gasteiger charge is -2.18. The standard InChI is InChI=1S/C18H25N3O3/c1-4-5-13-24-16-8-7-15(14-17(16)23-3)18(22)20(2)11-12-21-10-6-9-19-21/h6-10,14H,4-5,11-13H2,1-3H3. The van der Waals surface area contributed by atoms with Crippen molar-refractivity contribution in [3.63, 3.8) is 0 Å². The Morgan fingerprint density at radius 1 is 1.33 bits per heavy atom. The van der Waals surface area contributed by atoms with E-state index in [2.05, 4.69) is 12.0 Å². The molecule has 6 heteroatoms. The fourth-order valence-corrected chi connectivity index (χ4v) is 2.25.